The average Bonchev–Trinajstić information content (AvgIpc) is 2.36. The van der Waals surface area contributed by atoms with Crippen molar-refractivity contribution in [3.8, 4) is 0 Å². The summed E-state index contributed by atoms with van der Waals surface area (Å²) >= 11 is 0. The van der Waals surface area contributed by atoms with E-state index in [0.717, 1.165) is 5.56 Å². The molecule has 80 valence electrons. The smallest absolute Gasteiger partial charge is 0.321 e. The van der Waals surface area contributed by atoms with Crippen LogP contribution in [0.15, 0.2) is 36.4 Å². The van der Waals surface area contributed by atoms with E-state index in [1.807, 2.05) is 18.2 Å². The highest BCUT2D eigenvalue weighted by Crippen LogP contribution is 2.63. The fourth-order valence-corrected chi connectivity index (χ4v) is 3.40. The molecule has 0 radical (unpaired) electrons. The molecule has 1 aromatic carbocycles. The van der Waals surface area contributed by atoms with E-state index < -0.39 is 13.2 Å². The fourth-order valence-electron chi connectivity index (χ4n) is 1.66. The lowest BCUT2D eigenvalue weighted by Crippen LogP contribution is -2.14. The summed E-state index contributed by atoms with van der Waals surface area (Å²) in [6.45, 7) is 3.54. The molecule has 0 aromatic heterocycles. The molecule has 0 fully saturated rings. The van der Waals surface area contributed by atoms with Crippen LogP contribution in [0.3, 0.4) is 0 Å². The molecule has 1 atom stereocenters. The van der Waals surface area contributed by atoms with Crippen molar-refractivity contribution in [2.45, 2.75) is 19.4 Å². The second-order valence-corrected chi connectivity index (χ2v) is 5.82. The minimum Gasteiger partial charge on any atom is -0.321 e. The number of hydrogen-bond donors (Lipinski definition) is 1. The maximum Gasteiger partial charge on any atom is 0.359 e. The van der Waals surface area contributed by atoms with Crippen LogP contribution < -0.4 is 0 Å². The van der Waals surface area contributed by atoms with Crippen LogP contribution in [0.4, 0.5) is 0 Å². The molecule has 2 rings (SSSR count). The van der Waals surface area contributed by atoms with Gasteiger partial charge in [0.25, 0.3) is 0 Å². The minimum absolute atomic E-state index is 0.396. The highest BCUT2D eigenvalue weighted by Gasteiger charge is 2.41. The van der Waals surface area contributed by atoms with Gasteiger partial charge in [0.05, 0.1) is 10.9 Å². The molecule has 1 N–H and O–H groups in total. The van der Waals surface area contributed by atoms with Gasteiger partial charge < -0.3 is 4.89 Å². The molecular formula is C11H13O3P. The van der Waals surface area contributed by atoms with Gasteiger partial charge in [-0.1, -0.05) is 30.3 Å². The summed E-state index contributed by atoms with van der Waals surface area (Å²) < 4.78 is 16.9. The molecule has 1 unspecified atom stereocenters. The second-order valence-electron chi connectivity index (χ2n) is 4.11. The third-order valence-corrected chi connectivity index (χ3v) is 3.93. The van der Waals surface area contributed by atoms with Gasteiger partial charge in [0.1, 0.15) is 0 Å². The Hall–Kier alpha value is -0.890. The predicted octanol–water partition coefficient (Wildman–Crippen LogP) is 3.02. The quantitative estimate of drug-likeness (QED) is 0.746. The Labute approximate surface area is 88.9 Å². The Morgan fingerprint density at radius 3 is 2.33 bits per heavy atom. The van der Waals surface area contributed by atoms with Gasteiger partial charge in [0, 0.05) is 0 Å². The van der Waals surface area contributed by atoms with Crippen LogP contribution in [-0.2, 0) is 9.09 Å². The van der Waals surface area contributed by atoms with E-state index >= 15 is 0 Å². The first-order valence-electron chi connectivity index (χ1n) is 4.73. The number of benzene rings is 1. The molecule has 15 heavy (non-hydrogen) atoms. The van der Waals surface area contributed by atoms with Crippen molar-refractivity contribution in [2.24, 2.45) is 0 Å². The summed E-state index contributed by atoms with van der Waals surface area (Å²) in [6, 6.07) is 9.15. The van der Waals surface area contributed by atoms with E-state index in [9.17, 15) is 9.46 Å². The topological polar surface area (TPSA) is 46.5 Å². The summed E-state index contributed by atoms with van der Waals surface area (Å²) in [7, 11) is -3.64. The third-order valence-electron chi connectivity index (χ3n) is 2.22. The van der Waals surface area contributed by atoms with Gasteiger partial charge in [-0.15, -0.1) is 0 Å². The van der Waals surface area contributed by atoms with Crippen molar-refractivity contribution < 1.29 is 14.0 Å². The molecule has 0 amide bonds. The fraction of sp³-hybridized carbons (Fsp3) is 0.273. The van der Waals surface area contributed by atoms with Gasteiger partial charge in [0.2, 0.25) is 0 Å². The van der Waals surface area contributed by atoms with E-state index in [0.29, 0.717) is 5.31 Å². The zero-order valence-corrected chi connectivity index (χ0v) is 9.57. The van der Waals surface area contributed by atoms with Crippen molar-refractivity contribution in [3.05, 3.63) is 42.0 Å². The summed E-state index contributed by atoms with van der Waals surface area (Å²) in [6.07, 6.45) is 1.71. The molecule has 0 saturated carbocycles. The van der Waals surface area contributed by atoms with Gasteiger partial charge in [-0.05, 0) is 25.5 Å². The normalized spacial score (nSPS) is 28.9. The molecule has 0 saturated heterocycles. The first-order valence-corrected chi connectivity index (χ1v) is 6.31. The van der Waals surface area contributed by atoms with Crippen molar-refractivity contribution in [1.29, 1.82) is 0 Å². The van der Waals surface area contributed by atoms with Crippen LogP contribution in [0.2, 0.25) is 0 Å². The van der Waals surface area contributed by atoms with Crippen LogP contribution >= 0.6 is 7.60 Å². The van der Waals surface area contributed by atoms with Gasteiger partial charge in [-0.25, -0.2) is 0 Å². The van der Waals surface area contributed by atoms with E-state index in [-0.39, 0.29) is 0 Å². The molecule has 1 aliphatic heterocycles. The molecule has 4 heteroatoms. The van der Waals surface area contributed by atoms with Crippen LogP contribution in [-0.4, -0.2) is 10.5 Å². The Bertz CT molecular complexity index is 448. The maximum absolute atomic E-state index is 11.8. The Kier molecular flexibility index (Phi) is 2.34. The monoisotopic (exact) mass is 224 g/mol. The molecule has 1 aliphatic rings. The molecule has 0 aliphatic carbocycles. The zero-order valence-electron chi connectivity index (χ0n) is 8.68. The van der Waals surface area contributed by atoms with Gasteiger partial charge in [-0.2, -0.15) is 0 Å². The molecule has 0 spiro atoms. The Morgan fingerprint density at radius 2 is 1.87 bits per heavy atom. The van der Waals surface area contributed by atoms with Crippen molar-refractivity contribution >= 4 is 12.9 Å². The first kappa shape index (κ1) is 10.6. The number of hydrogen-bond acceptors (Lipinski definition) is 2. The lowest BCUT2D eigenvalue weighted by Gasteiger charge is -2.15. The standard InChI is InChI=1S/C11H13O3P/c1-11(2)8-10(15(12,13)14-11)9-6-4-3-5-7-9/h3-8H,1-2H3,(H,12,13). The average molecular weight is 224 g/mol. The Balaban J connectivity index is 2.50. The number of rotatable bonds is 1. The maximum atomic E-state index is 11.8. The summed E-state index contributed by atoms with van der Waals surface area (Å²) in [4.78, 5) is 9.71. The van der Waals surface area contributed by atoms with E-state index in [2.05, 4.69) is 0 Å². The van der Waals surface area contributed by atoms with E-state index in [1.165, 1.54) is 0 Å². The van der Waals surface area contributed by atoms with Gasteiger partial charge in [-0.3, -0.25) is 9.09 Å². The molecule has 0 bridgehead atoms. The lowest BCUT2D eigenvalue weighted by atomic mass is 10.1. The highest BCUT2D eigenvalue weighted by atomic mass is 31.2. The van der Waals surface area contributed by atoms with E-state index in [4.69, 9.17) is 4.52 Å². The van der Waals surface area contributed by atoms with Gasteiger partial charge in [0.15, 0.2) is 0 Å². The predicted molar refractivity (Wildman–Crippen MR) is 59.4 cm³/mol. The van der Waals surface area contributed by atoms with E-state index in [1.54, 1.807) is 32.1 Å². The summed E-state index contributed by atoms with van der Waals surface area (Å²) in [5, 5.41) is 0.396. The summed E-state index contributed by atoms with van der Waals surface area (Å²) in [5.41, 5.74) is 0.0732. The lowest BCUT2D eigenvalue weighted by molar-refractivity contribution is 0.155. The zero-order chi connectivity index (χ0) is 11.1. The van der Waals surface area contributed by atoms with Crippen LogP contribution in [0.1, 0.15) is 19.4 Å². The van der Waals surface area contributed by atoms with Crippen molar-refractivity contribution in [3.63, 3.8) is 0 Å². The second kappa shape index (κ2) is 3.31. The van der Waals surface area contributed by atoms with Crippen LogP contribution in [0.5, 0.6) is 0 Å². The molecular weight excluding hydrogens is 211 g/mol. The summed E-state index contributed by atoms with van der Waals surface area (Å²) in [5.74, 6) is 0. The van der Waals surface area contributed by atoms with Crippen molar-refractivity contribution in [1.82, 2.24) is 0 Å². The Morgan fingerprint density at radius 1 is 1.27 bits per heavy atom. The molecule has 3 nitrogen and oxygen atoms in total. The molecule has 1 heterocycles. The van der Waals surface area contributed by atoms with Gasteiger partial charge >= 0.3 is 7.60 Å². The largest absolute Gasteiger partial charge is 0.359 e. The SMILES string of the molecule is CC1(C)C=C(c2ccccc2)P(=O)(O)O1. The third kappa shape index (κ3) is 2.05. The van der Waals surface area contributed by atoms with Crippen LogP contribution in [0.25, 0.3) is 5.31 Å². The van der Waals surface area contributed by atoms with Crippen LogP contribution in [0, 0.1) is 0 Å². The molecule has 1 aromatic rings. The minimum atomic E-state index is -3.64. The first-order chi connectivity index (χ1) is 6.91. The highest BCUT2D eigenvalue weighted by molar-refractivity contribution is 7.64. The van der Waals surface area contributed by atoms with Crippen molar-refractivity contribution in [2.75, 3.05) is 0 Å².